The van der Waals surface area contributed by atoms with E-state index in [2.05, 4.69) is 35.5 Å². The van der Waals surface area contributed by atoms with Gasteiger partial charge in [0, 0.05) is 27.6 Å². The van der Waals surface area contributed by atoms with Gasteiger partial charge < -0.3 is 9.47 Å². The number of carbonyl (C=O) groups is 2. The number of rotatable bonds is 9. The van der Waals surface area contributed by atoms with Gasteiger partial charge in [-0.3, -0.25) is 9.69 Å². The average Bonchev–Trinajstić information content (AvgIpc) is 2.62. The van der Waals surface area contributed by atoms with E-state index >= 15 is 0 Å². The molecular formula is C17H24N4O4S2. The van der Waals surface area contributed by atoms with Crippen molar-refractivity contribution >= 4 is 39.3 Å². The molecule has 0 bridgehead atoms. The minimum absolute atomic E-state index is 0.0525. The molecule has 0 N–H and O–H groups in total. The molecule has 27 heavy (non-hydrogen) atoms. The highest BCUT2D eigenvalue weighted by Gasteiger charge is 2.20. The van der Waals surface area contributed by atoms with Crippen molar-refractivity contribution < 1.29 is 19.1 Å². The molecule has 148 valence electrons. The standard InChI is InChI=1S/C17H24N4O4S2/c1-17(2,3)27-26-10-9-21(11-15(22)24-4)16(23)25-12-13-5-7-14(8-6-13)19-20-18/h5-8H,9-12H2,1-4H3. The fourth-order valence-corrected chi connectivity index (χ4v) is 4.03. The monoisotopic (exact) mass is 412 g/mol. The van der Waals surface area contributed by atoms with Crippen molar-refractivity contribution in [3.63, 3.8) is 0 Å². The zero-order valence-corrected chi connectivity index (χ0v) is 17.5. The summed E-state index contributed by atoms with van der Waals surface area (Å²) in [6.45, 7) is 6.59. The third-order valence-electron chi connectivity index (χ3n) is 3.02. The summed E-state index contributed by atoms with van der Waals surface area (Å²) in [5.74, 6) is 0.161. The molecule has 0 aliphatic heterocycles. The number of hydrogen-bond donors (Lipinski definition) is 0. The predicted octanol–water partition coefficient (Wildman–Crippen LogP) is 4.92. The zero-order chi connectivity index (χ0) is 20.3. The lowest BCUT2D eigenvalue weighted by Crippen LogP contribution is -2.38. The fraction of sp³-hybridized carbons (Fsp3) is 0.529. The van der Waals surface area contributed by atoms with E-state index in [0.29, 0.717) is 18.0 Å². The number of carbonyl (C=O) groups excluding carboxylic acids is 2. The van der Waals surface area contributed by atoms with Crippen LogP contribution in [0.2, 0.25) is 0 Å². The Kier molecular flexibility index (Phi) is 9.92. The summed E-state index contributed by atoms with van der Waals surface area (Å²) in [6, 6.07) is 6.68. The molecule has 0 aliphatic carbocycles. The first-order valence-corrected chi connectivity index (χ1v) is 10.5. The Labute approximate surface area is 167 Å². The number of nitrogens with zero attached hydrogens (tertiary/aromatic N) is 4. The molecule has 10 heteroatoms. The van der Waals surface area contributed by atoms with Gasteiger partial charge in [-0.2, -0.15) is 0 Å². The van der Waals surface area contributed by atoms with Crippen LogP contribution >= 0.6 is 21.6 Å². The summed E-state index contributed by atoms with van der Waals surface area (Å²) < 4.78 is 10.1. The maximum atomic E-state index is 12.3. The fourth-order valence-electron chi connectivity index (χ4n) is 1.77. The van der Waals surface area contributed by atoms with Crippen LogP contribution in [-0.4, -0.2) is 47.7 Å². The highest BCUT2D eigenvalue weighted by Crippen LogP contribution is 2.34. The number of azide groups is 1. The molecule has 0 unspecified atom stereocenters. The Morgan fingerprint density at radius 2 is 1.93 bits per heavy atom. The second-order valence-corrected chi connectivity index (χ2v) is 9.67. The van der Waals surface area contributed by atoms with E-state index in [1.807, 2.05) is 0 Å². The lowest BCUT2D eigenvalue weighted by Gasteiger charge is -2.22. The normalized spacial score (nSPS) is 10.7. The maximum Gasteiger partial charge on any atom is 0.410 e. The van der Waals surface area contributed by atoms with E-state index < -0.39 is 12.1 Å². The van der Waals surface area contributed by atoms with Crippen molar-refractivity contribution in [2.75, 3.05) is 26.0 Å². The molecule has 0 saturated heterocycles. The Bertz CT molecular complexity index is 671. The average molecular weight is 413 g/mol. The van der Waals surface area contributed by atoms with Gasteiger partial charge >= 0.3 is 12.1 Å². The number of benzene rings is 1. The largest absolute Gasteiger partial charge is 0.468 e. The Morgan fingerprint density at radius 1 is 1.26 bits per heavy atom. The number of ether oxygens (including phenoxy) is 2. The summed E-state index contributed by atoms with van der Waals surface area (Å²) in [7, 11) is 4.63. The minimum atomic E-state index is -0.583. The molecular weight excluding hydrogens is 388 g/mol. The molecule has 0 spiro atoms. The van der Waals surface area contributed by atoms with Gasteiger partial charge in [-0.05, 0) is 11.1 Å². The van der Waals surface area contributed by atoms with Crippen LogP contribution in [0, 0.1) is 0 Å². The third-order valence-corrected chi connectivity index (χ3v) is 6.34. The van der Waals surface area contributed by atoms with Crippen LogP contribution in [0.5, 0.6) is 0 Å². The number of hydrogen-bond acceptors (Lipinski definition) is 7. The molecule has 1 rings (SSSR count). The first-order chi connectivity index (χ1) is 12.7. The summed E-state index contributed by atoms with van der Waals surface area (Å²) in [4.78, 5) is 27.9. The number of amides is 1. The van der Waals surface area contributed by atoms with Gasteiger partial charge in [-0.1, -0.05) is 71.7 Å². The zero-order valence-electron chi connectivity index (χ0n) is 15.9. The first-order valence-electron chi connectivity index (χ1n) is 8.18. The van der Waals surface area contributed by atoms with Gasteiger partial charge in [0.2, 0.25) is 0 Å². The topological polar surface area (TPSA) is 105 Å². The van der Waals surface area contributed by atoms with Crippen molar-refractivity contribution in [3.05, 3.63) is 40.3 Å². The molecule has 0 atom stereocenters. The lowest BCUT2D eigenvalue weighted by molar-refractivity contribution is -0.141. The van der Waals surface area contributed by atoms with Crippen LogP contribution in [-0.2, 0) is 20.9 Å². The molecule has 1 aromatic rings. The van der Waals surface area contributed by atoms with E-state index in [1.54, 1.807) is 45.9 Å². The van der Waals surface area contributed by atoms with Gasteiger partial charge in [-0.25, -0.2) is 4.79 Å². The van der Waals surface area contributed by atoms with Crippen LogP contribution < -0.4 is 0 Å². The molecule has 8 nitrogen and oxygen atoms in total. The Hall–Kier alpha value is -2.03. The molecule has 1 aromatic carbocycles. The van der Waals surface area contributed by atoms with Gasteiger partial charge in [-0.15, -0.1) is 0 Å². The quantitative estimate of drug-likeness (QED) is 0.142. The van der Waals surface area contributed by atoms with Crippen LogP contribution in [0.25, 0.3) is 10.4 Å². The predicted molar refractivity (Wildman–Crippen MR) is 109 cm³/mol. The van der Waals surface area contributed by atoms with Crippen LogP contribution in [0.15, 0.2) is 29.4 Å². The van der Waals surface area contributed by atoms with Gasteiger partial charge in [0.05, 0.1) is 7.11 Å². The van der Waals surface area contributed by atoms with E-state index in [9.17, 15) is 9.59 Å². The second-order valence-electron chi connectivity index (χ2n) is 6.43. The van der Waals surface area contributed by atoms with Gasteiger partial charge in [0.15, 0.2) is 0 Å². The van der Waals surface area contributed by atoms with Crippen LogP contribution in [0.1, 0.15) is 26.3 Å². The van der Waals surface area contributed by atoms with Crippen molar-refractivity contribution in [2.45, 2.75) is 32.1 Å². The highest BCUT2D eigenvalue weighted by atomic mass is 33.1. The molecule has 0 fully saturated rings. The second kappa shape index (κ2) is 11.6. The molecule has 1 amide bonds. The van der Waals surface area contributed by atoms with E-state index in [4.69, 9.17) is 10.3 Å². The highest BCUT2D eigenvalue weighted by molar-refractivity contribution is 8.77. The summed E-state index contributed by atoms with van der Waals surface area (Å²) >= 11 is 0. The Balaban J connectivity index is 2.58. The minimum Gasteiger partial charge on any atom is -0.468 e. The molecule has 0 aromatic heterocycles. The van der Waals surface area contributed by atoms with Crippen LogP contribution in [0.4, 0.5) is 10.5 Å². The van der Waals surface area contributed by atoms with Crippen molar-refractivity contribution in [1.29, 1.82) is 0 Å². The first kappa shape index (κ1) is 23.0. The van der Waals surface area contributed by atoms with E-state index in [1.165, 1.54) is 12.0 Å². The third kappa shape index (κ3) is 10.0. The smallest absolute Gasteiger partial charge is 0.410 e. The summed E-state index contributed by atoms with van der Waals surface area (Å²) in [6.07, 6.45) is -0.583. The number of methoxy groups -OCH3 is 1. The van der Waals surface area contributed by atoms with Gasteiger partial charge in [0.1, 0.15) is 13.2 Å². The maximum absolute atomic E-state index is 12.3. The van der Waals surface area contributed by atoms with E-state index in [-0.39, 0.29) is 17.9 Å². The number of esters is 1. The summed E-state index contributed by atoms with van der Waals surface area (Å²) in [5.41, 5.74) is 9.62. The van der Waals surface area contributed by atoms with Crippen molar-refractivity contribution in [1.82, 2.24) is 4.90 Å². The Morgan fingerprint density at radius 3 is 2.48 bits per heavy atom. The molecule has 0 aliphatic rings. The van der Waals surface area contributed by atoms with Gasteiger partial charge in [0.25, 0.3) is 0 Å². The summed E-state index contributed by atoms with van der Waals surface area (Å²) in [5, 5.41) is 3.48. The van der Waals surface area contributed by atoms with Crippen LogP contribution in [0.3, 0.4) is 0 Å². The molecule has 0 saturated carbocycles. The lowest BCUT2D eigenvalue weighted by atomic mass is 10.2. The van der Waals surface area contributed by atoms with E-state index in [0.717, 1.165) is 5.56 Å². The molecule has 0 heterocycles. The van der Waals surface area contributed by atoms with Crippen molar-refractivity contribution in [3.8, 4) is 0 Å². The van der Waals surface area contributed by atoms with Crippen molar-refractivity contribution in [2.24, 2.45) is 5.11 Å². The molecule has 0 radical (unpaired) electrons. The SMILES string of the molecule is COC(=O)CN(CCSSC(C)(C)C)C(=O)OCc1ccc(N=[N+]=[N-])cc1.